The molecule has 0 aliphatic carbocycles. The van der Waals surface area contributed by atoms with Gasteiger partial charge < -0.3 is 4.74 Å². The number of alkyl halides is 2. The molecule has 0 aliphatic rings. The Morgan fingerprint density at radius 1 is 1.00 bits per heavy atom. The van der Waals surface area contributed by atoms with E-state index < -0.39 is 6.43 Å². The zero-order valence-electron chi connectivity index (χ0n) is 11.1. The molecule has 20 heavy (non-hydrogen) atoms. The van der Waals surface area contributed by atoms with E-state index in [0.29, 0.717) is 6.42 Å². The highest BCUT2D eigenvalue weighted by Gasteiger charge is 2.12. The van der Waals surface area contributed by atoms with Crippen LogP contribution >= 0.6 is 11.6 Å². The van der Waals surface area contributed by atoms with E-state index in [-0.39, 0.29) is 10.6 Å². The Hall–Kier alpha value is -1.61. The number of ether oxygens (including phenoxy) is 1. The minimum Gasteiger partial charge on any atom is -0.497 e. The normalized spacial score (nSPS) is 10.8. The van der Waals surface area contributed by atoms with E-state index in [4.69, 9.17) is 16.3 Å². The van der Waals surface area contributed by atoms with Crippen LogP contribution in [0.4, 0.5) is 8.78 Å². The van der Waals surface area contributed by atoms with Crippen molar-refractivity contribution >= 4 is 11.6 Å². The van der Waals surface area contributed by atoms with E-state index in [2.05, 4.69) is 0 Å². The molecule has 0 fully saturated rings. The van der Waals surface area contributed by atoms with Crippen molar-refractivity contribution in [3.63, 3.8) is 0 Å². The van der Waals surface area contributed by atoms with Crippen LogP contribution in [0.25, 0.3) is 0 Å². The van der Waals surface area contributed by atoms with Crippen LogP contribution in [0.5, 0.6) is 5.75 Å². The molecule has 0 heterocycles. The van der Waals surface area contributed by atoms with Crippen molar-refractivity contribution in [2.24, 2.45) is 0 Å². The summed E-state index contributed by atoms with van der Waals surface area (Å²) >= 11 is 5.75. The third kappa shape index (κ3) is 3.70. The summed E-state index contributed by atoms with van der Waals surface area (Å²) in [5.74, 6) is 0.806. The van der Waals surface area contributed by atoms with Crippen molar-refractivity contribution in [1.82, 2.24) is 0 Å². The Labute approximate surface area is 122 Å². The van der Waals surface area contributed by atoms with Gasteiger partial charge in [0.05, 0.1) is 7.11 Å². The monoisotopic (exact) mass is 296 g/mol. The zero-order valence-corrected chi connectivity index (χ0v) is 11.8. The van der Waals surface area contributed by atoms with Gasteiger partial charge >= 0.3 is 0 Å². The minimum absolute atomic E-state index is 0.0982. The van der Waals surface area contributed by atoms with Crippen molar-refractivity contribution < 1.29 is 13.5 Å². The molecule has 0 aliphatic heterocycles. The summed E-state index contributed by atoms with van der Waals surface area (Å²) in [5, 5.41) is 0.119. The van der Waals surface area contributed by atoms with Gasteiger partial charge in [0.2, 0.25) is 0 Å². The Bertz CT molecular complexity index is 567. The van der Waals surface area contributed by atoms with Gasteiger partial charge in [-0.25, -0.2) is 8.78 Å². The van der Waals surface area contributed by atoms with Crippen LogP contribution in [0.1, 0.15) is 23.1 Å². The average molecular weight is 297 g/mol. The smallest absolute Gasteiger partial charge is 0.265 e. The van der Waals surface area contributed by atoms with Gasteiger partial charge in [0, 0.05) is 10.6 Å². The van der Waals surface area contributed by atoms with E-state index in [0.717, 1.165) is 23.3 Å². The first-order valence-electron chi connectivity index (χ1n) is 6.29. The van der Waals surface area contributed by atoms with Crippen molar-refractivity contribution in [2.75, 3.05) is 7.11 Å². The van der Waals surface area contributed by atoms with Gasteiger partial charge in [-0.15, -0.1) is 0 Å². The van der Waals surface area contributed by atoms with Gasteiger partial charge in [0.25, 0.3) is 6.43 Å². The van der Waals surface area contributed by atoms with E-state index >= 15 is 0 Å². The maximum Gasteiger partial charge on any atom is 0.265 e. The number of aryl methyl sites for hydroxylation is 2. The first-order valence-corrected chi connectivity index (χ1v) is 6.67. The lowest BCUT2D eigenvalue weighted by Crippen LogP contribution is -1.94. The fourth-order valence-corrected chi connectivity index (χ4v) is 2.20. The van der Waals surface area contributed by atoms with Gasteiger partial charge in [0.1, 0.15) is 5.75 Å². The maximum atomic E-state index is 12.8. The van der Waals surface area contributed by atoms with Gasteiger partial charge in [-0.05, 0) is 48.2 Å². The zero-order chi connectivity index (χ0) is 14.5. The Balaban J connectivity index is 2.04. The van der Waals surface area contributed by atoms with E-state index in [1.807, 2.05) is 24.3 Å². The Morgan fingerprint density at radius 3 is 2.20 bits per heavy atom. The van der Waals surface area contributed by atoms with Gasteiger partial charge in [-0.2, -0.15) is 0 Å². The maximum absolute atomic E-state index is 12.8. The second-order valence-electron chi connectivity index (χ2n) is 4.50. The Kier molecular flexibility index (Phi) is 4.96. The molecule has 1 nitrogen and oxygen atoms in total. The summed E-state index contributed by atoms with van der Waals surface area (Å²) in [7, 11) is 1.62. The number of hydrogen-bond acceptors (Lipinski definition) is 1. The van der Waals surface area contributed by atoms with Crippen molar-refractivity contribution in [2.45, 2.75) is 19.3 Å². The van der Waals surface area contributed by atoms with Crippen LogP contribution in [0.15, 0.2) is 42.5 Å². The standard InChI is InChI=1S/C16H15ClF2O/c1-20-13-7-4-11(5-8-13)2-3-12-6-9-15(17)14(10-12)16(18)19/h4-10,16H,2-3H2,1H3. The number of hydrogen-bond donors (Lipinski definition) is 0. The highest BCUT2D eigenvalue weighted by atomic mass is 35.5. The second kappa shape index (κ2) is 6.71. The van der Waals surface area contributed by atoms with E-state index in [9.17, 15) is 8.78 Å². The lowest BCUT2D eigenvalue weighted by molar-refractivity contribution is 0.151. The molecule has 0 radical (unpaired) electrons. The lowest BCUT2D eigenvalue weighted by atomic mass is 10.0. The number of methoxy groups -OCH3 is 1. The van der Waals surface area contributed by atoms with E-state index in [1.165, 1.54) is 12.1 Å². The average Bonchev–Trinajstić information content (AvgIpc) is 2.46. The fourth-order valence-electron chi connectivity index (χ4n) is 2.00. The number of rotatable bonds is 5. The number of halogens is 3. The highest BCUT2D eigenvalue weighted by molar-refractivity contribution is 6.31. The first kappa shape index (κ1) is 14.8. The summed E-state index contributed by atoms with van der Waals surface area (Å²) in [6.45, 7) is 0. The van der Waals surface area contributed by atoms with Gasteiger partial charge in [0.15, 0.2) is 0 Å². The molecule has 0 unspecified atom stereocenters. The predicted molar refractivity (Wildman–Crippen MR) is 76.8 cm³/mol. The van der Waals surface area contributed by atoms with Crippen LogP contribution < -0.4 is 4.74 Å². The molecule has 0 atom stereocenters. The topological polar surface area (TPSA) is 9.23 Å². The summed E-state index contributed by atoms with van der Waals surface area (Å²) in [6.07, 6.45) is -1.05. The third-order valence-corrected chi connectivity index (χ3v) is 3.50. The fraction of sp³-hybridized carbons (Fsp3) is 0.250. The quantitative estimate of drug-likeness (QED) is 0.748. The van der Waals surface area contributed by atoms with Crippen molar-refractivity contribution in [1.29, 1.82) is 0 Å². The predicted octanol–water partition coefficient (Wildman–Crippen LogP) is 5.07. The lowest BCUT2D eigenvalue weighted by Gasteiger charge is -2.07. The van der Waals surface area contributed by atoms with Crippen LogP contribution in [0.2, 0.25) is 5.02 Å². The highest BCUT2D eigenvalue weighted by Crippen LogP contribution is 2.28. The molecule has 0 aromatic heterocycles. The summed E-state index contributed by atoms with van der Waals surface area (Å²) < 4.78 is 30.6. The molecule has 0 saturated carbocycles. The van der Waals surface area contributed by atoms with Crippen LogP contribution in [-0.4, -0.2) is 7.11 Å². The van der Waals surface area contributed by atoms with Crippen molar-refractivity contribution in [3.8, 4) is 5.75 Å². The summed E-state index contributed by atoms with van der Waals surface area (Å²) in [5.41, 5.74) is 1.90. The first-order chi connectivity index (χ1) is 9.60. The second-order valence-corrected chi connectivity index (χ2v) is 4.91. The summed E-state index contributed by atoms with van der Waals surface area (Å²) in [4.78, 5) is 0. The largest absolute Gasteiger partial charge is 0.497 e. The molecule has 0 spiro atoms. The SMILES string of the molecule is COc1ccc(CCc2ccc(Cl)c(C(F)F)c2)cc1. The molecule has 0 saturated heterocycles. The molecule has 0 amide bonds. The van der Waals surface area contributed by atoms with Crippen LogP contribution in [0, 0.1) is 0 Å². The molecule has 2 rings (SSSR count). The summed E-state index contributed by atoms with van der Waals surface area (Å²) in [6, 6.07) is 12.5. The molecule has 2 aromatic carbocycles. The Morgan fingerprint density at radius 2 is 1.60 bits per heavy atom. The molecular weight excluding hydrogens is 282 g/mol. The molecular formula is C16H15ClF2O. The van der Waals surface area contributed by atoms with Gasteiger partial charge in [-0.3, -0.25) is 0 Å². The minimum atomic E-state index is -2.54. The molecule has 4 heteroatoms. The molecule has 0 N–H and O–H groups in total. The van der Waals surface area contributed by atoms with Crippen LogP contribution in [0.3, 0.4) is 0 Å². The van der Waals surface area contributed by atoms with Gasteiger partial charge in [-0.1, -0.05) is 29.8 Å². The molecule has 0 bridgehead atoms. The van der Waals surface area contributed by atoms with Crippen LogP contribution in [-0.2, 0) is 12.8 Å². The molecule has 106 valence electrons. The third-order valence-electron chi connectivity index (χ3n) is 3.16. The molecule has 2 aromatic rings. The number of benzene rings is 2. The van der Waals surface area contributed by atoms with E-state index in [1.54, 1.807) is 13.2 Å². The van der Waals surface area contributed by atoms with Crippen molar-refractivity contribution in [3.05, 3.63) is 64.2 Å².